The molecule has 0 aliphatic rings. The highest BCUT2D eigenvalue weighted by Gasteiger charge is 2.02. The third-order valence-electron chi connectivity index (χ3n) is 2.14. The number of benzene rings is 1. The molecule has 0 bridgehead atoms. The molecule has 0 amide bonds. The van der Waals surface area contributed by atoms with Gasteiger partial charge < -0.3 is 4.98 Å². The van der Waals surface area contributed by atoms with Crippen LogP contribution in [0.3, 0.4) is 0 Å². The first-order valence-corrected chi connectivity index (χ1v) is 4.07. The van der Waals surface area contributed by atoms with E-state index < -0.39 is 0 Å². The van der Waals surface area contributed by atoms with E-state index in [1.165, 1.54) is 0 Å². The molecule has 3 heteroatoms. The van der Waals surface area contributed by atoms with Crippen molar-refractivity contribution in [3.05, 3.63) is 40.2 Å². The third-order valence-corrected chi connectivity index (χ3v) is 2.14. The van der Waals surface area contributed by atoms with Crippen LogP contribution in [0.2, 0.25) is 0 Å². The summed E-state index contributed by atoms with van der Waals surface area (Å²) in [7, 11) is 5.60. The van der Waals surface area contributed by atoms with E-state index in [0.717, 1.165) is 11.2 Å². The second-order valence-corrected chi connectivity index (χ2v) is 3.04. The molecule has 2 radical (unpaired) electrons. The van der Waals surface area contributed by atoms with Gasteiger partial charge in [-0.05, 0) is 24.5 Å². The number of H-pyrrole nitrogens is 1. The summed E-state index contributed by atoms with van der Waals surface area (Å²) in [4.78, 5) is 14.7. The maximum atomic E-state index is 11.6. The van der Waals surface area contributed by atoms with Gasteiger partial charge in [0.2, 0.25) is 0 Å². The summed E-state index contributed by atoms with van der Waals surface area (Å²) in [6.07, 6.45) is 0. The molecule has 0 aliphatic heterocycles. The first-order chi connectivity index (χ1) is 6.20. The second kappa shape index (κ2) is 2.77. The van der Waals surface area contributed by atoms with Crippen LogP contribution in [0.1, 0.15) is 5.69 Å². The zero-order chi connectivity index (χ0) is 9.42. The number of aromatic nitrogens is 1. The molecule has 1 heterocycles. The van der Waals surface area contributed by atoms with E-state index in [4.69, 9.17) is 7.85 Å². The molecular weight excluding hydrogens is 161 g/mol. The summed E-state index contributed by atoms with van der Waals surface area (Å²) in [5.74, 6) is 0. The molecule has 2 aromatic rings. The topological polar surface area (TPSA) is 32.9 Å². The van der Waals surface area contributed by atoms with Crippen LogP contribution in [-0.2, 0) is 0 Å². The Bertz CT molecular complexity index is 516. The van der Waals surface area contributed by atoms with Gasteiger partial charge in [-0.1, -0.05) is 12.1 Å². The Balaban J connectivity index is 3.03. The highest BCUT2D eigenvalue weighted by atomic mass is 16.1. The SMILES string of the molecule is [B]c1c(C)[nH]c2ccccc2c1=O. The number of aromatic amines is 1. The van der Waals surface area contributed by atoms with Crippen LogP contribution < -0.4 is 10.9 Å². The van der Waals surface area contributed by atoms with Crippen LogP contribution in [-0.4, -0.2) is 12.8 Å². The molecule has 1 aromatic heterocycles. The molecule has 2 rings (SSSR count). The molecular formula is C10H8BNO. The molecule has 0 saturated carbocycles. The minimum absolute atomic E-state index is 0.0909. The average Bonchev–Trinajstić information content (AvgIpc) is 2.15. The lowest BCUT2D eigenvalue weighted by molar-refractivity contribution is 1.27. The molecule has 0 atom stereocenters. The smallest absolute Gasteiger partial charge is 0.182 e. The standard InChI is InChI=1S/C10H8BNO/c1-6-9(11)10(13)7-4-2-3-5-8(7)12-6/h2-5H,1H3,(H,12,13). The number of hydrogen-bond donors (Lipinski definition) is 1. The van der Waals surface area contributed by atoms with Crippen LogP contribution in [0.15, 0.2) is 29.1 Å². The summed E-state index contributed by atoms with van der Waals surface area (Å²) in [6, 6.07) is 7.34. The lowest BCUT2D eigenvalue weighted by Gasteiger charge is -2.03. The van der Waals surface area contributed by atoms with Gasteiger partial charge in [0.25, 0.3) is 0 Å². The Morgan fingerprint density at radius 1 is 1.31 bits per heavy atom. The maximum absolute atomic E-state index is 11.6. The number of pyridine rings is 1. The Hall–Kier alpha value is -1.51. The number of nitrogens with one attached hydrogen (secondary N) is 1. The van der Waals surface area contributed by atoms with Crippen molar-refractivity contribution in [3.8, 4) is 0 Å². The predicted octanol–water partition coefficient (Wildman–Crippen LogP) is 0.630. The number of hydrogen-bond acceptors (Lipinski definition) is 1. The Labute approximate surface area is 77.0 Å². The van der Waals surface area contributed by atoms with Crippen molar-refractivity contribution in [2.75, 3.05) is 0 Å². The van der Waals surface area contributed by atoms with E-state index in [1.807, 2.05) is 18.2 Å². The molecule has 0 fully saturated rings. The molecule has 0 saturated heterocycles. The predicted molar refractivity (Wildman–Crippen MR) is 54.7 cm³/mol. The van der Waals surface area contributed by atoms with Crippen LogP contribution >= 0.6 is 0 Å². The fourth-order valence-corrected chi connectivity index (χ4v) is 1.37. The minimum atomic E-state index is -0.0909. The van der Waals surface area contributed by atoms with Crippen molar-refractivity contribution in [1.82, 2.24) is 4.98 Å². The third kappa shape index (κ3) is 1.17. The lowest BCUT2D eigenvalue weighted by atomic mass is 9.92. The largest absolute Gasteiger partial charge is 0.359 e. The summed E-state index contributed by atoms with van der Waals surface area (Å²) >= 11 is 0. The highest BCUT2D eigenvalue weighted by Crippen LogP contribution is 2.04. The van der Waals surface area contributed by atoms with Gasteiger partial charge in [-0.25, -0.2) is 0 Å². The summed E-state index contributed by atoms with van der Waals surface area (Å²) in [5.41, 5.74) is 1.77. The van der Waals surface area contributed by atoms with Gasteiger partial charge in [-0.2, -0.15) is 0 Å². The lowest BCUT2D eigenvalue weighted by Crippen LogP contribution is -2.28. The number of para-hydroxylation sites is 1. The van der Waals surface area contributed by atoms with Crippen LogP contribution in [0.5, 0.6) is 0 Å². The van der Waals surface area contributed by atoms with E-state index in [0.29, 0.717) is 10.8 Å². The average molecular weight is 169 g/mol. The zero-order valence-electron chi connectivity index (χ0n) is 7.29. The maximum Gasteiger partial charge on any atom is 0.182 e. The van der Waals surface area contributed by atoms with E-state index in [2.05, 4.69) is 4.98 Å². The molecule has 13 heavy (non-hydrogen) atoms. The molecule has 1 N–H and O–H groups in total. The Morgan fingerprint density at radius 2 is 2.00 bits per heavy atom. The molecule has 62 valence electrons. The minimum Gasteiger partial charge on any atom is -0.359 e. The van der Waals surface area contributed by atoms with Gasteiger partial charge in [-0.3, -0.25) is 4.79 Å². The summed E-state index contributed by atoms with van der Waals surface area (Å²) < 4.78 is 0. The fourth-order valence-electron chi connectivity index (χ4n) is 1.37. The van der Waals surface area contributed by atoms with Crippen LogP contribution in [0.4, 0.5) is 0 Å². The van der Waals surface area contributed by atoms with Crippen LogP contribution in [0, 0.1) is 6.92 Å². The number of rotatable bonds is 0. The van der Waals surface area contributed by atoms with Gasteiger partial charge in [0, 0.05) is 16.6 Å². The fraction of sp³-hybridized carbons (Fsp3) is 0.100. The highest BCUT2D eigenvalue weighted by molar-refractivity contribution is 6.33. The van der Waals surface area contributed by atoms with Crippen molar-refractivity contribution < 1.29 is 0 Å². The van der Waals surface area contributed by atoms with Crippen molar-refractivity contribution in [3.63, 3.8) is 0 Å². The zero-order valence-corrected chi connectivity index (χ0v) is 7.29. The van der Waals surface area contributed by atoms with Crippen molar-refractivity contribution in [2.24, 2.45) is 0 Å². The molecule has 1 aromatic carbocycles. The Kier molecular flexibility index (Phi) is 1.73. The van der Waals surface area contributed by atoms with Gasteiger partial charge in [0.05, 0.1) is 0 Å². The first kappa shape index (κ1) is 8.11. The van der Waals surface area contributed by atoms with E-state index in [-0.39, 0.29) is 5.43 Å². The second-order valence-electron chi connectivity index (χ2n) is 3.04. The van der Waals surface area contributed by atoms with E-state index >= 15 is 0 Å². The van der Waals surface area contributed by atoms with Crippen molar-refractivity contribution in [1.29, 1.82) is 0 Å². The van der Waals surface area contributed by atoms with Crippen LogP contribution in [0.25, 0.3) is 10.9 Å². The van der Waals surface area contributed by atoms with Crippen molar-refractivity contribution in [2.45, 2.75) is 6.92 Å². The number of aryl methyl sites for hydroxylation is 1. The number of fused-ring (bicyclic) bond motifs is 1. The molecule has 0 unspecified atom stereocenters. The van der Waals surface area contributed by atoms with E-state index in [1.54, 1.807) is 13.0 Å². The van der Waals surface area contributed by atoms with E-state index in [9.17, 15) is 4.79 Å². The van der Waals surface area contributed by atoms with Gasteiger partial charge >= 0.3 is 0 Å². The summed E-state index contributed by atoms with van der Waals surface area (Å²) in [5, 5.41) is 0.644. The van der Waals surface area contributed by atoms with Crippen molar-refractivity contribution >= 4 is 24.2 Å². The normalized spacial score (nSPS) is 10.5. The molecule has 2 nitrogen and oxygen atoms in total. The molecule has 0 spiro atoms. The molecule has 0 aliphatic carbocycles. The van der Waals surface area contributed by atoms with Gasteiger partial charge in [0.1, 0.15) is 7.85 Å². The van der Waals surface area contributed by atoms with Gasteiger partial charge in [-0.15, -0.1) is 0 Å². The Morgan fingerprint density at radius 3 is 2.77 bits per heavy atom. The first-order valence-electron chi connectivity index (χ1n) is 4.07. The van der Waals surface area contributed by atoms with Gasteiger partial charge in [0.15, 0.2) is 5.43 Å². The summed E-state index contributed by atoms with van der Waals surface area (Å²) in [6.45, 7) is 1.79. The quantitative estimate of drug-likeness (QED) is 0.576. The monoisotopic (exact) mass is 169 g/mol.